The zero-order chi connectivity index (χ0) is 15.2. The van der Waals surface area contributed by atoms with Crippen molar-refractivity contribution in [3.8, 4) is 5.88 Å². The smallest absolute Gasteiger partial charge is 0.222 e. The molecule has 2 heterocycles. The molecule has 1 aliphatic heterocycles. The van der Waals surface area contributed by atoms with E-state index in [1.54, 1.807) is 0 Å². The molecule has 0 radical (unpaired) electrons. The number of aromatic nitrogens is 2. The fourth-order valence-corrected chi connectivity index (χ4v) is 2.66. The third-order valence-corrected chi connectivity index (χ3v) is 3.70. The fraction of sp³-hybridized carbons (Fsp3) is 0.688. The van der Waals surface area contributed by atoms with Gasteiger partial charge >= 0.3 is 0 Å². The van der Waals surface area contributed by atoms with Crippen molar-refractivity contribution < 1.29 is 9.53 Å². The van der Waals surface area contributed by atoms with Crippen LogP contribution in [-0.4, -0.2) is 40.0 Å². The Morgan fingerprint density at radius 1 is 1.43 bits per heavy atom. The molecule has 5 heteroatoms. The number of rotatable bonds is 5. The summed E-state index contributed by atoms with van der Waals surface area (Å²) in [4.78, 5) is 22.6. The van der Waals surface area contributed by atoms with Crippen molar-refractivity contribution in [2.45, 2.75) is 59.0 Å². The molecule has 1 fully saturated rings. The second kappa shape index (κ2) is 7.38. The van der Waals surface area contributed by atoms with Crippen LogP contribution in [0.15, 0.2) is 6.07 Å². The Morgan fingerprint density at radius 2 is 2.24 bits per heavy atom. The molecule has 1 atom stereocenters. The summed E-state index contributed by atoms with van der Waals surface area (Å²) in [5, 5.41) is 0. The van der Waals surface area contributed by atoms with Gasteiger partial charge in [-0.1, -0.05) is 13.3 Å². The van der Waals surface area contributed by atoms with Crippen LogP contribution in [0.5, 0.6) is 5.88 Å². The molecule has 1 amide bonds. The molecule has 1 aromatic rings. The summed E-state index contributed by atoms with van der Waals surface area (Å²) >= 11 is 0. The summed E-state index contributed by atoms with van der Waals surface area (Å²) < 4.78 is 5.96. The minimum atomic E-state index is 0.0398. The first-order valence-corrected chi connectivity index (χ1v) is 7.85. The quantitative estimate of drug-likeness (QED) is 0.837. The van der Waals surface area contributed by atoms with Gasteiger partial charge in [0.1, 0.15) is 11.9 Å². The highest BCUT2D eigenvalue weighted by Gasteiger charge is 2.24. The normalized spacial score (nSPS) is 18.6. The van der Waals surface area contributed by atoms with Crippen LogP contribution < -0.4 is 4.74 Å². The molecule has 116 valence electrons. The summed E-state index contributed by atoms with van der Waals surface area (Å²) in [5.41, 5.74) is 0.907. The topological polar surface area (TPSA) is 55.3 Å². The predicted molar refractivity (Wildman–Crippen MR) is 81.3 cm³/mol. The van der Waals surface area contributed by atoms with E-state index in [1.165, 1.54) is 0 Å². The van der Waals surface area contributed by atoms with Crippen LogP contribution in [-0.2, 0) is 4.79 Å². The molecule has 0 spiro atoms. The second-order valence-corrected chi connectivity index (χ2v) is 5.72. The maximum Gasteiger partial charge on any atom is 0.222 e. The molecule has 0 N–H and O–H groups in total. The van der Waals surface area contributed by atoms with E-state index >= 15 is 0 Å². The van der Waals surface area contributed by atoms with Gasteiger partial charge in [0.2, 0.25) is 11.8 Å². The first-order chi connectivity index (χ1) is 10.1. The van der Waals surface area contributed by atoms with Gasteiger partial charge in [-0.25, -0.2) is 4.98 Å². The minimum Gasteiger partial charge on any atom is -0.472 e. The van der Waals surface area contributed by atoms with Crippen molar-refractivity contribution >= 4 is 5.91 Å². The van der Waals surface area contributed by atoms with Crippen LogP contribution in [0.3, 0.4) is 0 Å². The highest BCUT2D eigenvalue weighted by molar-refractivity contribution is 5.76. The van der Waals surface area contributed by atoms with Crippen molar-refractivity contribution in [3.63, 3.8) is 0 Å². The van der Waals surface area contributed by atoms with Crippen LogP contribution in [0.25, 0.3) is 0 Å². The molecule has 1 aromatic heterocycles. The van der Waals surface area contributed by atoms with Gasteiger partial charge in [-0.15, -0.1) is 0 Å². The SMILES string of the molecule is CCCCC(=O)N1CCCC(Oc2cc(C)nc(C)n2)C1. The Labute approximate surface area is 126 Å². The number of amides is 1. The van der Waals surface area contributed by atoms with Crippen molar-refractivity contribution in [1.82, 2.24) is 14.9 Å². The molecule has 1 saturated heterocycles. The highest BCUT2D eigenvalue weighted by atomic mass is 16.5. The molecule has 1 aliphatic rings. The van der Waals surface area contributed by atoms with Gasteiger partial charge in [0.05, 0.1) is 6.54 Å². The average molecular weight is 291 g/mol. The first-order valence-electron chi connectivity index (χ1n) is 7.85. The molecule has 0 aromatic carbocycles. The van der Waals surface area contributed by atoms with Crippen LogP contribution >= 0.6 is 0 Å². The number of unbranched alkanes of at least 4 members (excludes halogenated alkanes) is 1. The number of hydrogen-bond acceptors (Lipinski definition) is 4. The molecule has 0 aliphatic carbocycles. The number of aryl methyl sites for hydroxylation is 2. The van der Waals surface area contributed by atoms with E-state index in [-0.39, 0.29) is 12.0 Å². The summed E-state index contributed by atoms with van der Waals surface area (Å²) in [6, 6.07) is 1.85. The molecule has 0 saturated carbocycles. The summed E-state index contributed by atoms with van der Waals surface area (Å²) in [5.74, 6) is 1.59. The number of nitrogens with zero attached hydrogens (tertiary/aromatic N) is 3. The van der Waals surface area contributed by atoms with Crippen molar-refractivity contribution in [2.24, 2.45) is 0 Å². The third kappa shape index (κ3) is 4.69. The number of carbonyl (C=O) groups is 1. The second-order valence-electron chi connectivity index (χ2n) is 5.72. The van der Waals surface area contributed by atoms with E-state index in [1.807, 2.05) is 24.8 Å². The molecular weight excluding hydrogens is 266 g/mol. The zero-order valence-electron chi connectivity index (χ0n) is 13.3. The lowest BCUT2D eigenvalue weighted by Crippen LogP contribution is -2.44. The Morgan fingerprint density at radius 3 is 2.95 bits per heavy atom. The molecule has 21 heavy (non-hydrogen) atoms. The van der Waals surface area contributed by atoms with Gasteiger partial charge < -0.3 is 9.64 Å². The van der Waals surface area contributed by atoms with E-state index in [0.717, 1.165) is 43.7 Å². The monoisotopic (exact) mass is 291 g/mol. The van der Waals surface area contributed by atoms with E-state index in [0.29, 0.717) is 18.8 Å². The van der Waals surface area contributed by atoms with Crippen molar-refractivity contribution in [3.05, 3.63) is 17.6 Å². The standard InChI is InChI=1S/C16H25N3O2/c1-4-5-8-16(20)19-9-6-7-14(11-19)21-15-10-12(2)17-13(3)18-15/h10,14H,4-9,11H2,1-3H3. The molecule has 0 bridgehead atoms. The van der Waals surface area contributed by atoms with Gasteiger partial charge in [-0.2, -0.15) is 4.98 Å². The molecule has 2 rings (SSSR count). The van der Waals surface area contributed by atoms with E-state index in [4.69, 9.17) is 4.74 Å². The molecule has 5 nitrogen and oxygen atoms in total. The van der Waals surface area contributed by atoms with Crippen LogP contribution in [0.2, 0.25) is 0 Å². The zero-order valence-corrected chi connectivity index (χ0v) is 13.3. The van der Waals surface area contributed by atoms with E-state index in [2.05, 4.69) is 16.9 Å². The Bertz CT molecular complexity index is 470. The van der Waals surface area contributed by atoms with Crippen molar-refractivity contribution in [2.75, 3.05) is 13.1 Å². The van der Waals surface area contributed by atoms with Crippen molar-refractivity contribution in [1.29, 1.82) is 0 Å². The number of piperidine rings is 1. The van der Waals surface area contributed by atoms with Gasteiger partial charge in [0.25, 0.3) is 0 Å². The summed E-state index contributed by atoms with van der Waals surface area (Å²) in [7, 11) is 0. The minimum absolute atomic E-state index is 0.0398. The van der Waals surface area contributed by atoms with E-state index in [9.17, 15) is 4.79 Å². The van der Waals surface area contributed by atoms with Gasteiger partial charge in [0, 0.05) is 24.7 Å². The number of carbonyl (C=O) groups excluding carboxylic acids is 1. The Hall–Kier alpha value is -1.65. The number of hydrogen-bond donors (Lipinski definition) is 0. The maximum absolute atomic E-state index is 12.1. The Kier molecular flexibility index (Phi) is 5.53. The lowest BCUT2D eigenvalue weighted by molar-refractivity contribution is -0.134. The maximum atomic E-state index is 12.1. The van der Waals surface area contributed by atoms with Crippen LogP contribution in [0, 0.1) is 13.8 Å². The molecule has 1 unspecified atom stereocenters. The largest absolute Gasteiger partial charge is 0.472 e. The van der Waals surface area contributed by atoms with Gasteiger partial charge in [-0.05, 0) is 33.1 Å². The third-order valence-electron chi connectivity index (χ3n) is 3.70. The van der Waals surface area contributed by atoms with Crippen LogP contribution in [0.4, 0.5) is 0 Å². The summed E-state index contributed by atoms with van der Waals surface area (Å²) in [6.07, 6.45) is 4.67. The van der Waals surface area contributed by atoms with Gasteiger partial charge in [0.15, 0.2) is 0 Å². The Balaban J connectivity index is 1.93. The predicted octanol–water partition coefficient (Wildman–Crippen LogP) is 2.65. The summed E-state index contributed by atoms with van der Waals surface area (Å²) in [6.45, 7) is 7.42. The lowest BCUT2D eigenvalue weighted by Gasteiger charge is -2.32. The first kappa shape index (κ1) is 15.7. The van der Waals surface area contributed by atoms with Crippen LogP contribution in [0.1, 0.15) is 50.5 Å². The van der Waals surface area contributed by atoms with E-state index < -0.39 is 0 Å². The number of ether oxygens (including phenoxy) is 1. The average Bonchev–Trinajstić information content (AvgIpc) is 2.44. The highest BCUT2D eigenvalue weighted by Crippen LogP contribution is 2.18. The fourth-order valence-electron chi connectivity index (χ4n) is 2.66. The lowest BCUT2D eigenvalue weighted by atomic mass is 10.1. The van der Waals surface area contributed by atoms with Gasteiger partial charge in [-0.3, -0.25) is 4.79 Å². The number of likely N-dealkylation sites (tertiary alicyclic amines) is 1. The molecular formula is C16H25N3O2.